The Morgan fingerprint density at radius 2 is 0.951 bits per heavy atom. The predicted molar refractivity (Wildman–Crippen MR) is 248 cm³/mol. The first-order chi connectivity index (χ1) is 30.2. The molecule has 0 N–H and O–H groups in total. The van der Waals surface area contributed by atoms with E-state index in [-0.39, 0.29) is 0 Å². The van der Waals surface area contributed by atoms with E-state index in [4.69, 9.17) is 23.8 Å². The fraction of sp³-hybridized carbons (Fsp3) is 0. The lowest BCUT2D eigenvalue weighted by atomic mass is 10.0. The maximum Gasteiger partial charge on any atom is 0.164 e. The first-order valence-corrected chi connectivity index (χ1v) is 20.3. The minimum absolute atomic E-state index is 0.540. The van der Waals surface area contributed by atoms with E-state index >= 15 is 0 Å². The van der Waals surface area contributed by atoms with Crippen molar-refractivity contribution in [3.63, 3.8) is 0 Å². The molecule has 0 fully saturated rings. The Morgan fingerprint density at radius 1 is 0.344 bits per heavy atom. The number of rotatable bonds is 7. The summed E-state index contributed by atoms with van der Waals surface area (Å²) in [5, 5.41) is 6.23. The quantitative estimate of drug-likeness (QED) is 0.160. The minimum atomic E-state index is 0.540. The molecule has 0 radical (unpaired) electrons. The van der Waals surface area contributed by atoms with Crippen molar-refractivity contribution >= 4 is 71.7 Å². The number of furan rings is 2. The molecule has 3 heterocycles. The molecule has 9 aromatic carbocycles. The van der Waals surface area contributed by atoms with Crippen LogP contribution in [0.15, 0.2) is 215 Å². The average Bonchev–Trinajstić information content (AvgIpc) is 3.90. The van der Waals surface area contributed by atoms with E-state index < -0.39 is 0 Å². The highest BCUT2D eigenvalue weighted by molar-refractivity contribution is 6.19. The SMILES string of the molecule is c1ccc(-c2cccc(N(c3ccccc3)c3ccc(-c4nc(-c5ccccc5)nc(-c5ccc6c(c5)oc5ccccc56)n4)c4c3oc3cc5ccccc5cc34)c2)cc1. The van der Waals surface area contributed by atoms with Gasteiger partial charge in [0.2, 0.25) is 0 Å². The van der Waals surface area contributed by atoms with Gasteiger partial charge in [0.15, 0.2) is 23.1 Å². The van der Waals surface area contributed by atoms with Crippen LogP contribution in [0.3, 0.4) is 0 Å². The van der Waals surface area contributed by atoms with Crippen LogP contribution in [0, 0.1) is 0 Å². The highest BCUT2D eigenvalue weighted by atomic mass is 16.3. The first kappa shape index (κ1) is 34.7. The molecule has 3 aromatic heterocycles. The molecule has 0 unspecified atom stereocenters. The van der Waals surface area contributed by atoms with Gasteiger partial charge in [-0.15, -0.1) is 0 Å². The van der Waals surface area contributed by atoms with Crippen molar-refractivity contribution in [2.75, 3.05) is 4.90 Å². The van der Waals surface area contributed by atoms with Crippen LogP contribution in [-0.4, -0.2) is 15.0 Å². The summed E-state index contributed by atoms with van der Waals surface area (Å²) in [4.78, 5) is 17.9. The molecule has 0 bridgehead atoms. The van der Waals surface area contributed by atoms with Gasteiger partial charge in [-0.2, -0.15) is 0 Å². The van der Waals surface area contributed by atoms with Crippen molar-refractivity contribution in [3.8, 4) is 45.3 Å². The summed E-state index contributed by atoms with van der Waals surface area (Å²) in [5.74, 6) is 1.66. The lowest BCUT2D eigenvalue weighted by Gasteiger charge is -2.26. The number of benzene rings is 9. The molecule has 0 saturated heterocycles. The first-order valence-electron chi connectivity index (χ1n) is 20.3. The van der Waals surface area contributed by atoms with Crippen molar-refractivity contribution in [1.82, 2.24) is 15.0 Å². The summed E-state index contributed by atoms with van der Waals surface area (Å²) in [7, 11) is 0. The van der Waals surface area contributed by atoms with Crippen LogP contribution in [0.25, 0.3) is 99.9 Å². The standard InChI is InChI=1S/C55H34N4O2/c1-4-15-35(16-5-1)37-21-14-24-42(31-37)59(41-22-8-3-9-23-41)47-30-29-45(51-46-32-38-19-10-11-20-39(38)33-50(46)61-52(47)51)55-57-53(36-17-6-2-7-18-36)56-54(58-55)40-27-28-44-43-25-12-13-26-48(43)60-49(44)34-40/h1-34H. The second-order valence-electron chi connectivity index (χ2n) is 15.2. The predicted octanol–water partition coefficient (Wildman–Crippen LogP) is 15.0. The van der Waals surface area contributed by atoms with E-state index in [2.05, 4.69) is 144 Å². The van der Waals surface area contributed by atoms with E-state index in [1.807, 2.05) is 66.7 Å². The zero-order chi connectivity index (χ0) is 40.3. The molecule has 6 heteroatoms. The van der Waals surface area contributed by atoms with Crippen molar-refractivity contribution in [2.24, 2.45) is 0 Å². The van der Waals surface area contributed by atoms with E-state index in [0.29, 0.717) is 17.5 Å². The van der Waals surface area contributed by atoms with Gasteiger partial charge in [-0.25, -0.2) is 15.0 Å². The fourth-order valence-corrected chi connectivity index (χ4v) is 8.58. The molecule has 0 aliphatic heterocycles. The summed E-state index contributed by atoms with van der Waals surface area (Å²) in [6.07, 6.45) is 0. The molecule has 0 aliphatic carbocycles. The molecule has 286 valence electrons. The lowest BCUT2D eigenvalue weighted by Crippen LogP contribution is -2.10. The van der Waals surface area contributed by atoms with Crippen LogP contribution in [0.4, 0.5) is 17.1 Å². The second kappa shape index (κ2) is 14.2. The Morgan fingerprint density at radius 3 is 1.75 bits per heavy atom. The molecule has 0 spiro atoms. The molecule has 6 nitrogen and oxygen atoms in total. The monoisotopic (exact) mass is 782 g/mol. The third-order valence-corrected chi connectivity index (χ3v) is 11.5. The largest absolute Gasteiger partial charge is 0.456 e. The van der Waals surface area contributed by atoms with Crippen molar-refractivity contribution in [3.05, 3.63) is 206 Å². The summed E-state index contributed by atoms with van der Waals surface area (Å²) < 4.78 is 13.4. The Labute approximate surface area is 350 Å². The number of hydrogen-bond acceptors (Lipinski definition) is 6. The van der Waals surface area contributed by atoms with Gasteiger partial charge >= 0.3 is 0 Å². The molecule has 0 aliphatic rings. The summed E-state index contributed by atoms with van der Waals surface area (Å²) in [5.41, 5.74) is 10.8. The zero-order valence-electron chi connectivity index (χ0n) is 32.7. The van der Waals surface area contributed by atoms with Gasteiger partial charge in [0.25, 0.3) is 0 Å². The van der Waals surface area contributed by atoms with Gasteiger partial charge in [-0.05, 0) is 88.6 Å². The van der Waals surface area contributed by atoms with Gasteiger partial charge in [0.1, 0.15) is 16.7 Å². The van der Waals surface area contributed by atoms with Crippen LogP contribution >= 0.6 is 0 Å². The number of hydrogen-bond donors (Lipinski definition) is 0. The summed E-state index contributed by atoms with van der Waals surface area (Å²) >= 11 is 0. The molecule has 0 atom stereocenters. The van der Waals surface area contributed by atoms with Crippen molar-refractivity contribution in [2.45, 2.75) is 0 Å². The Hall–Kier alpha value is -8.35. The van der Waals surface area contributed by atoms with E-state index in [1.165, 1.54) is 0 Å². The Kier molecular flexibility index (Phi) is 8.06. The molecule has 61 heavy (non-hydrogen) atoms. The molecule has 12 rings (SSSR count). The number of nitrogens with zero attached hydrogens (tertiary/aromatic N) is 4. The summed E-state index contributed by atoms with van der Waals surface area (Å²) in [6.45, 7) is 0. The van der Waals surface area contributed by atoms with Gasteiger partial charge in [0.05, 0.1) is 5.69 Å². The van der Waals surface area contributed by atoms with E-state index in [1.54, 1.807) is 0 Å². The second-order valence-corrected chi connectivity index (χ2v) is 15.2. The van der Waals surface area contributed by atoms with Crippen LogP contribution in [-0.2, 0) is 0 Å². The highest BCUT2D eigenvalue weighted by Gasteiger charge is 2.25. The fourth-order valence-electron chi connectivity index (χ4n) is 8.58. The van der Waals surface area contributed by atoms with Crippen LogP contribution in [0.1, 0.15) is 0 Å². The Bertz CT molecular complexity index is 3600. The lowest BCUT2D eigenvalue weighted by molar-refractivity contribution is 0.669. The third-order valence-electron chi connectivity index (χ3n) is 11.5. The molecule has 12 aromatic rings. The van der Waals surface area contributed by atoms with Gasteiger partial charge in [0, 0.05) is 49.6 Å². The van der Waals surface area contributed by atoms with Crippen molar-refractivity contribution in [1.29, 1.82) is 0 Å². The van der Waals surface area contributed by atoms with Gasteiger partial charge < -0.3 is 13.7 Å². The highest BCUT2D eigenvalue weighted by Crippen LogP contribution is 2.47. The Balaban J connectivity index is 1.12. The maximum absolute atomic E-state index is 7.07. The zero-order valence-corrected chi connectivity index (χ0v) is 32.7. The molecular formula is C55H34N4O2. The van der Waals surface area contributed by atoms with Crippen LogP contribution in [0.2, 0.25) is 0 Å². The molecular weight excluding hydrogens is 749 g/mol. The summed E-state index contributed by atoms with van der Waals surface area (Å²) in [6, 6.07) is 71.0. The van der Waals surface area contributed by atoms with Crippen LogP contribution in [0.5, 0.6) is 0 Å². The van der Waals surface area contributed by atoms with Crippen LogP contribution < -0.4 is 4.90 Å². The van der Waals surface area contributed by atoms with E-state index in [9.17, 15) is 0 Å². The number of anilines is 3. The van der Waals surface area contributed by atoms with Crippen molar-refractivity contribution < 1.29 is 8.83 Å². The van der Waals surface area contributed by atoms with Gasteiger partial charge in [-0.1, -0.05) is 140 Å². The number of fused-ring (bicyclic) bond motifs is 7. The van der Waals surface area contributed by atoms with E-state index in [0.717, 1.165) is 99.5 Å². The minimum Gasteiger partial charge on any atom is -0.456 e. The topological polar surface area (TPSA) is 68.2 Å². The molecule has 0 saturated carbocycles. The normalized spacial score (nSPS) is 11.6. The van der Waals surface area contributed by atoms with Gasteiger partial charge in [-0.3, -0.25) is 0 Å². The maximum atomic E-state index is 7.07. The third kappa shape index (κ3) is 6.00. The average molecular weight is 783 g/mol. The number of aromatic nitrogens is 3. The molecule has 0 amide bonds. The smallest absolute Gasteiger partial charge is 0.164 e. The number of para-hydroxylation sites is 2.